The molecule has 9 nitrogen and oxygen atoms in total. The van der Waals surface area contributed by atoms with E-state index < -0.39 is 5.97 Å². The summed E-state index contributed by atoms with van der Waals surface area (Å²) in [6.07, 6.45) is 0.618. The number of nitrogens with zero attached hydrogens (tertiary/aromatic N) is 6. The Morgan fingerprint density at radius 2 is 1.79 bits per heavy atom. The van der Waals surface area contributed by atoms with Gasteiger partial charge in [0.05, 0.1) is 18.0 Å². The molecule has 0 unspecified atom stereocenters. The fourth-order valence-electron chi connectivity index (χ4n) is 6.86. The number of hydrogen-bond donors (Lipinski definition) is 1. The fourth-order valence-corrected chi connectivity index (χ4v) is 8.10. The third-order valence-electron chi connectivity index (χ3n) is 9.13. The van der Waals surface area contributed by atoms with Gasteiger partial charge in [-0.2, -0.15) is 10.2 Å². The molecule has 1 aliphatic heterocycles. The molecular weight excluding hydrogens is 632 g/mol. The van der Waals surface area contributed by atoms with Gasteiger partial charge < -0.3 is 14.4 Å². The molecule has 0 saturated carbocycles. The van der Waals surface area contributed by atoms with Crippen molar-refractivity contribution in [3.63, 3.8) is 0 Å². The van der Waals surface area contributed by atoms with Crippen molar-refractivity contribution in [2.24, 2.45) is 14.1 Å². The van der Waals surface area contributed by atoms with Gasteiger partial charge in [0.2, 0.25) is 0 Å². The summed E-state index contributed by atoms with van der Waals surface area (Å²) in [6.45, 7) is 6.02. The molecule has 3 aromatic heterocycles. The van der Waals surface area contributed by atoms with Gasteiger partial charge in [-0.3, -0.25) is 14.3 Å². The molecule has 11 heteroatoms. The number of benzene rings is 3. The van der Waals surface area contributed by atoms with Crippen LogP contribution in [0, 0.1) is 13.8 Å². The molecule has 0 amide bonds. The first-order valence-electron chi connectivity index (χ1n) is 15.7. The quantitative estimate of drug-likeness (QED) is 0.193. The molecule has 3 aromatic carbocycles. The average molecular weight is 669 g/mol. The Bertz CT molecular complexity index is 2180. The van der Waals surface area contributed by atoms with Gasteiger partial charge in [-0.25, -0.2) is 4.79 Å². The van der Waals surface area contributed by atoms with Crippen LogP contribution in [0.2, 0.25) is 5.02 Å². The van der Waals surface area contributed by atoms with Crippen LogP contribution < -0.4 is 4.74 Å². The SMILES string of the molecule is Cc1c(C(=O)O)n2c3ccc(Cl)c(c13)-c1c(nn(C)c1C)CN(C)Cc1cc(n(C)n1)CSc1cc(c3ccccc3c1)OCCC2. The van der Waals surface area contributed by atoms with Gasteiger partial charge in [0.15, 0.2) is 0 Å². The van der Waals surface area contributed by atoms with E-state index in [4.69, 9.17) is 26.5 Å². The van der Waals surface area contributed by atoms with Crippen molar-refractivity contribution in [3.05, 3.63) is 93.7 Å². The lowest BCUT2D eigenvalue weighted by molar-refractivity contribution is 0.0684. The highest BCUT2D eigenvalue weighted by Gasteiger charge is 2.27. The fraction of sp³-hybridized carbons (Fsp3) is 0.306. The van der Waals surface area contributed by atoms with Crippen molar-refractivity contribution in [3.8, 4) is 16.9 Å². The van der Waals surface area contributed by atoms with Crippen molar-refractivity contribution in [1.82, 2.24) is 29.0 Å². The van der Waals surface area contributed by atoms with Crippen LogP contribution in [-0.2, 0) is 39.5 Å². The lowest BCUT2D eigenvalue weighted by Crippen LogP contribution is -2.18. The van der Waals surface area contributed by atoms with Crippen molar-refractivity contribution >= 4 is 51.0 Å². The first-order chi connectivity index (χ1) is 22.6. The van der Waals surface area contributed by atoms with Crippen molar-refractivity contribution in [2.75, 3.05) is 13.7 Å². The van der Waals surface area contributed by atoms with Crippen LogP contribution in [0.15, 0.2) is 59.5 Å². The normalized spacial score (nSPS) is 14.7. The van der Waals surface area contributed by atoms with Gasteiger partial charge in [0.1, 0.15) is 11.4 Å². The summed E-state index contributed by atoms with van der Waals surface area (Å²) >= 11 is 8.77. The van der Waals surface area contributed by atoms with Gasteiger partial charge in [0, 0.05) is 88.2 Å². The van der Waals surface area contributed by atoms with Gasteiger partial charge in [-0.1, -0.05) is 35.9 Å². The molecule has 0 fully saturated rings. The Balaban J connectivity index is 1.38. The zero-order chi connectivity index (χ0) is 33.0. The average Bonchev–Trinajstić information content (AvgIpc) is 3.62. The minimum Gasteiger partial charge on any atom is -0.493 e. The molecule has 6 aromatic rings. The Hall–Kier alpha value is -4.25. The zero-order valence-corrected chi connectivity index (χ0v) is 28.7. The summed E-state index contributed by atoms with van der Waals surface area (Å²) < 4.78 is 12.2. The summed E-state index contributed by atoms with van der Waals surface area (Å²) in [7, 11) is 5.99. The zero-order valence-electron chi connectivity index (χ0n) is 27.2. The van der Waals surface area contributed by atoms with E-state index in [1.54, 1.807) is 11.8 Å². The summed E-state index contributed by atoms with van der Waals surface area (Å²) in [4.78, 5) is 16.1. The maximum Gasteiger partial charge on any atom is 0.352 e. The van der Waals surface area contributed by atoms with E-state index in [-0.39, 0.29) is 5.69 Å². The van der Waals surface area contributed by atoms with E-state index in [9.17, 15) is 9.90 Å². The minimum absolute atomic E-state index is 0.265. The number of aryl methyl sites for hydroxylation is 4. The van der Waals surface area contributed by atoms with E-state index in [0.717, 1.165) is 72.0 Å². The van der Waals surface area contributed by atoms with E-state index in [2.05, 4.69) is 42.3 Å². The highest BCUT2D eigenvalue weighted by atomic mass is 35.5. The predicted molar refractivity (Wildman–Crippen MR) is 188 cm³/mol. The number of carboxylic acids is 1. The predicted octanol–water partition coefficient (Wildman–Crippen LogP) is 7.60. The summed E-state index contributed by atoms with van der Waals surface area (Å²) in [5.41, 5.74) is 7.50. The van der Waals surface area contributed by atoms with Gasteiger partial charge in [-0.15, -0.1) is 11.8 Å². The van der Waals surface area contributed by atoms with Gasteiger partial charge >= 0.3 is 5.97 Å². The number of rotatable bonds is 1. The smallest absolute Gasteiger partial charge is 0.352 e. The van der Waals surface area contributed by atoms with Crippen LogP contribution in [0.3, 0.4) is 0 Å². The van der Waals surface area contributed by atoms with E-state index >= 15 is 0 Å². The van der Waals surface area contributed by atoms with E-state index in [1.807, 2.05) is 66.1 Å². The van der Waals surface area contributed by atoms with Crippen molar-refractivity contribution in [1.29, 1.82) is 0 Å². The highest BCUT2D eigenvalue weighted by molar-refractivity contribution is 7.98. The number of thioether (sulfide) groups is 1. The van der Waals surface area contributed by atoms with Crippen LogP contribution >= 0.6 is 23.4 Å². The van der Waals surface area contributed by atoms with Crippen LogP contribution in [0.5, 0.6) is 5.75 Å². The first kappa shape index (κ1) is 31.4. The minimum atomic E-state index is -0.968. The second-order valence-corrected chi connectivity index (χ2v) is 13.8. The van der Waals surface area contributed by atoms with Crippen LogP contribution in [0.25, 0.3) is 32.8 Å². The molecule has 0 spiro atoms. The lowest BCUT2D eigenvalue weighted by atomic mass is 9.96. The molecule has 242 valence electrons. The number of fused-ring (bicyclic) bond motifs is 8. The Morgan fingerprint density at radius 3 is 2.60 bits per heavy atom. The second-order valence-electron chi connectivity index (χ2n) is 12.3. The second kappa shape index (κ2) is 12.4. The summed E-state index contributed by atoms with van der Waals surface area (Å²) in [5.74, 6) is 0.623. The summed E-state index contributed by atoms with van der Waals surface area (Å²) in [5, 5.41) is 23.8. The molecule has 7 rings (SSSR count). The van der Waals surface area contributed by atoms with Crippen LogP contribution in [0.1, 0.15) is 45.2 Å². The topological polar surface area (TPSA) is 90.3 Å². The third-order valence-corrected chi connectivity index (χ3v) is 10.5. The number of aromatic carboxylic acids is 1. The highest BCUT2D eigenvalue weighted by Crippen LogP contribution is 2.43. The number of ether oxygens (including phenoxy) is 1. The Labute approximate surface area is 282 Å². The largest absolute Gasteiger partial charge is 0.493 e. The monoisotopic (exact) mass is 668 g/mol. The molecule has 47 heavy (non-hydrogen) atoms. The Kier molecular flexibility index (Phi) is 8.28. The first-order valence-corrected chi connectivity index (χ1v) is 17.0. The van der Waals surface area contributed by atoms with Crippen LogP contribution in [0.4, 0.5) is 0 Å². The third kappa shape index (κ3) is 5.68. The molecule has 1 aliphatic rings. The molecule has 0 saturated heterocycles. The van der Waals surface area contributed by atoms with Crippen molar-refractivity contribution < 1.29 is 14.6 Å². The number of halogens is 1. The molecule has 0 radical (unpaired) electrons. The van der Waals surface area contributed by atoms with Crippen molar-refractivity contribution in [2.45, 2.75) is 50.6 Å². The maximum atomic E-state index is 12.8. The molecular formula is C36H37ClN6O3S. The number of hydrogen-bond acceptors (Lipinski definition) is 6. The number of carbonyl (C=O) groups is 1. The molecule has 0 aliphatic carbocycles. The maximum absolute atomic E-state index is 12.8. The number of aromatic nitrogens is 5. The summed E-state index contributed by atoms with van der Waals surface area (Å²) in [6, 6.07) is 18.5. The molecule has 4 heterocycles. The standard InChI is InChI=1S/C36H37ClN6O3S/c1-21-32-30-12-11-28(37)34(32)33-22(2)41(4)39-29(33)19-40(3)18-24-16-25(42(5)38-24)20-47-26-15-23-9-6-7-10-27(23)31(17-26)46-14-8-13-43(30)35(21)36(44)45/h6-7,9-12,15-17H,8,13-14,18-20H2,1-5H3,(H,44,45). The molecule has 8 bridgehead atoms. The van der Waals surface area contributed by atoms with Gasteiger partial charge in [-0.05, 0) is 68.6 Å². The molecule has 1 N–H and O–H groups in total. The van der Waals surface area contributed by atoms with E-state index in [1.165, 1.54) is 0 Å². The van der Waals surface area contributed by atoms with E-state index in [0.29, 0.717) is 43.2 Å². The lowest BCUT2D eigenvalue weighted by Gasteiger charge is -2.16. The Morgan fingerprint density at radius 1 is 0.979 bits per heavy atom. The van der Waals surface area contributed by atoms with Gasteiger partial charge in [0.25, 0.3) is 0 Å². The van der Waals surface area contributed by atoms with Crippen LogP contribution in [-0.4, -0.2) is 53.8 Å². The molecule has 0 atom stereocenters. The number of carboxylic acid groups (broad SMARTS) is 1.